The van der Waals surface area contributed by atoms with Crippen LogP contribution >= 0.6 is 88.6 Å². The van der Waals surface area contributed by atoms with Crippen LogP contribution in [-0.2, 0) is 0 Å². The van der Waals surface area contributed by atoms with E-state index < -0.39 is 43.6 Å². The van der Waals surface area contributed by atoms with Crippen LogP contribution in [0, 0.1) is 0 Å². The van der Waals surface area contributed by atoms with Crippen molar-refractivity contribution in [3.05, 3.63) is 0 Å². The molecular formula is C14H46Cl8N2Si6. The summed E-state index contributed by atoms with van der Waals surface area (Å²) >= 11 is 42.9. The third-order valence-corrected chi connectivity index (χ3v) is 13.8. The summed E-state index contributed by atoms with van der Waals surface area (Å²) in [5.41, 5.74) is 0. The van der Waals surface area contributed by atoms with Crippen LogP contribution < -0.4 is 9.30 Å². The molecule has 0 radical (unpaired) electrons. The summed E-state index contributed by atoms with van der Waals surface area (Å²) in [6.07, 6.45) is 0. The lowest BCUT2D eigenvalue weighted by molar-refractivity contribution is 1.30. The van der Waals surface area contributed by atoms with Crippen LogP contribution in [0.2, 0.25) is 78.6 Å². The minimum Gasteiger partial charge on any atom is -0.360 e. The summed E-state index contributed by atoms with van der Waals surface area (Å²) in [5.74, 6) is 0. The summed E-state index contributed by atoms with van der Waals surface area (Å²) < 4.78 is 7.00. The van der Waals surface area contributed by atoms with Gasteiger partial charge in [-0.3, -0.25) is 0 Å². The second-order valence-corrected chi connectivity index (χ2v) is 52.1. The Balaban J connectivity index is -0.0000000649. The highest BCUT2D eigenvalue weighted by Crippen LogP contribution is 2.17. The van der Waals surface area contributed by atoms with Crippen LogP contribution in [0.15, 0.2) is 0 Å². The molecule has 0 spiro atoms. The van der Waals surface area contributed by atoms with E-state index in [1.807, 2.05) is 6.55 Å². The van der Waals surface area contributed by atoms with Gasteiger partial charge in [0, 0.05) is 0 Å². The van der Waals surface area contributed by atoms with Crippen molar-refractivity contribution in [1.29, 1.82) is 0 Å². The van der Waals surface area contributed by atoms with Crippen LogP contribution in [-0.4, -0.2) is 43.6 Å². The van der Waals surface area contributed by atoms with Crippen molar-refractivity contribution in [2.24, 2.45) is 0 Å². The van der Waals surface area contributed by atoms with Gasteiger partial charge in [0.1, 0.15) is 24.7 Å². The van der Waals surface area contributed by atoms with Gasteiger partial charge in [-0.15, -0.1) is 88.6 Å². The Kier molecular flexibility index (Phi) is 29.3. The van der Waals surface area contributed by atoms with Crippen molar-refractivity contribution >= 4 is 132 Å². The Morgan fingerprint density at radius 3 is 0.500 bits per heavy atom. The lowest BCUT2D eigenvalue weighted by Gasteiger charge is -2.28. The van der Waals surface area contributed by atoms with E-state index in [0.29, 0.717) is 0 Å². The predicted octanol–water partition coefficient (Wildman–Crippen LogP) is 10.5. The molecule has 0 amide bonds. The molecule has 0 aromatic carbocycles. The highest BCUT2D eigenvalue weighted by atomic mass is 35.8. The van der Waals surface area contributed by atoms with E-state index >= 15 is 0 Å². The first-order valence-electron chi connectivity index (χ1n) is 8.51. The minimum atomic E-state index is -2.19. The van der Waals surface area contributed by atoms with Gasteiger partial charge in [-0.05, 0) is 19.6 Å². The van der Waals surface area contributed by atoms with E-state index in [1.54, 1.807) is 13.1 Å². The second-order valence-electron chi connectivity index (χ2n) is 9.45. The first-order valence-corrected chi connectivity index (χ1v) is 34.6. The molecule has 0 saturated heterocycles. The topological polar surface area (TPSA) is 24.1 Å². The minimum absolute atomic E-state index is 0. The Labute approximate surface area is 232 Å². The van der Waals surface area contributed by atoms with E-state index in [-0.39, 0.29) is 14.9 Å². The van der Waals surface area contributed by atoms with Gasteiger partial charge in [-0.25, -0.2) is 0 Å². The Morgan fingerprint density at radius 1 is 0.367 bits per heavy atom. The van der Waals surface area contributed by atoms with E-state index in [1.165, 1.54) is 0 Å². The monoisotopic (exact) mass is 690 g/mol. The number of halogens is 8. The molecule has 2 nitrogen and oxygen atoms in total. The van der Waals surface area contributed by atoms with E-state index in [2.05, 4.69) is 68.2 Å². The summed E-state index contributed by atoms with van der Waals surface area (Å²) in [4.78, 5) is 0. The smallest absolute Gasteiger partial charge is 0.338 e. The van der Waals surface area contributed by atoms with E-state index in [9.17, 15) is 0 Å². The molecule has 0 heterocycles. The molecule has 0 aliphatic heterocycles. The maximum atomic E-state index is 5.85. The summed E-state index contributed by atoms with van der Waals surface area (Å²) in [6.45, 7) is 23.8. The normalized spacial score (nSPS) is 12.4. The van der Waals surface area contributed by atoms with Crippen molar-refractivity contribution < 1.29 is 0 Å². The van der Waals surface area contributed by atoms with Crippen LogP contribution in [0.1, 0.15) is 14.9 Å². The van der Waals surface area contributed by atoms with Gasteiger partial charge in [0.25, 0.3) is 0 Å². The second kappa shape index (κ2) is 18.8. The number of hydrogen-bond acceptors (Lipinski definition) is 2. The molecular weight excluding hydrogens is 648 g/mol. The number of hydrogen-bond donors (Lipinski definition) is 2. The van der Waals surface area contributed by atoms with Gasteiger partial charge in [0.2, 0.25) is 0 Å². The predicted molar refractivity (Wildman–Crippen MR) is 171 cm³/mol. The lowest BCUT2D eigenvalue weighted by Crippen LogP contribution is -2.55. The molecule has 0 aromatic rings. The fourth-order valence-electron chi connectivity index (χ4n) is 1.78. The molecule has 0 atom stereocenters. The highest BCUT2D eigenvalue weighted by molar-refractivity contribution is 7.64. The molecule has 0 aromatic heterocycles. The Morgan fingerprint density at radius 2 is 0.500 bits per heavy atom. The molecule has 16 heteroatoms. The molecule has 2 N–H and O–H groups in total. The van der Waals surface area contributed by atoms with Crippen LogP contribution in [0.5, 0.6) is 0 Å². The van der Waals surface area contributed by atoms with Crippen molar-refractivity contribution in [3.8, 4) is 0 Å². The molecule has 0 fully saturated rings. The number of rotatable bonds is 4. The SMILES string of the molecule is C.C.C[Si](C)(C)N[Si](C)(C)C.C[Si](C)(C)N[Si](C)(Cl)Cl.C[Si](Cl)(Cl)Cl.C[Si](Cl)(Cl)Cl. The van der Waals surface area contributed by atoms with Gasteiger partial charge < -0.3 is 9.30 Å². The molecule has 0 aliphatic carbocycles. The Bertz CT molecular complexity index is 320. The van der Waals surface area contributed by atoms with E-state index in [0.717, 1.165) is 0 Å². The van der Waals surface area contributed by atoms with Crippen molar-refractivity contribution in [2.45, 2.75) is 93.4 Å². The van der Waals surface area contributed by atoms with Crippen molar-refractivity contribution in [1.82, 2.24) is 9.30 Å². The van der Waals surface area contributed by atoms with Gasteiger partial charge in [-0.1, -0.05) is 73.8 Å². The highest BCUT2D eigenvalue weighted by Gasteiger charge is 2.28. The van der Waals surface area contributed by atoms with E-state index in [4.69, 9.17) is 88.6 Å². The van der Waals surface area contributed by atoms with Crippen LogP contribution in [0.3, 0.4) is 0 Å². The molecule has 0 saturated carbocycles. The zero-order valence-electron chi connectivity index (χ0n) is 19.0. The third-order valence-electron chi connectivity index (χ3n) is 1.34. The number of nitrogens with one attached hydrogen (secondary N) is 2. The maximum absolute atomic E-state index is 5.85. The molecule has 0 unspecified atom stereocenters. The van der Waals surface area contributed by atoms with Crippen molar-refractivity contribution in [3.63, 3.8) is 0 Å². The first kappa shape index (κ1) is 46.8. The lowest BCUT2D eigenvalue weighted by atomic mass is 11.8. The molecule has 30 heavy (non-hydrogen) atoms. The summed E-state index contributed by atoms with van der Waals surface area (Å²) in [6, 6.07) is -4.39. The van der Waals surface area contributed by atoms with Gasteiger partial charge >= 0.3 is 18.9 Å². The largest absolute Gasteiger partial charge is 0.360 e. The molecule has 192 valence electrons. The van der Waals surface area contributed by atoms with Gasteiger partial charge in [-0.2, -0.15) is 0 Å². The van der Waals surface area contributed by atoms with Gasteiger partial charge in [0.15, 0.2) is 0 Å². The molecule has 0 bridgehead atoms. The molecule has 0 rings (SSSR count). The van der Waals surface area contributed by atoms with Crippen LogP contribution in [0.4, 0.5) is 0 Å². The third kappa shape index (κ3) is 122. The van der Waals surface area contributed by atoms with Gasteiger partial charge in [0.05, 0.1) is 0 Å². The average Bonchev–Trinajstić information content (AvgIpc) is 1.95. The average molecular weight is 695 g/mol. The summed E-state index contributed by atoms with van der Waals surface area (Å²) in [7, 11) is -3.21. The zero-order valence-corrected chi connectivity index (χ0v) is 31.1. The molecule has 0 aliphatic rings. The standard InChI is InChI=1S/C6H19NSi2.C4H13Cl2NSi2.2CH3Cl3Si.2CH4/c2*1-8(2,3)7-9(4,5)6;2*1-5(2,3)4;;/h7H,1-6H3;7H,1-4H3;2*1H3;2*1H4. The summed E-state index contributed by atoms with van der Waals surface area (Å²) in [5, 5.41) is 0. The fraction of sp³-hybridized carbons (Fsp3) is 1.00. The quantitative estimate of drug-likeness (QED) is 0.226. The maximum Gasteiger partial charge on any atom is 0.338 e. The first-order chi connectivity index (χ1) is 11.4. The van der Waals surface area contributed by atoms with Crippen molar-refractivity contribution in [2.75, 3.05) is 0 Å². The fourth-order valence-corrected chi connectivity index (χ4v) is 21.2. The Hall–Kier alpha value is 3.54. The van der Waals surface area contributed by atoms with Crippen LogP contribution in [0.25, 0.3) is 0 Å². The zero-order chi connectivity index (χ0) is 24.4.